The molecule has 0 radical (unpaired) electrons. The van der Waals surface area contributed by atoms with Gasteiger partial charge in [0.05, 0.1) is 7.11 Å². The molecule has 2 aromatic carbocycles. The monoisotopic (exact) mass is 359 g/mol. The second kappa shape index (κ2) is 9.01. The lowest BCUT2D eigenvalue weighted by molar-refractivity contribution is -0.0262. The Morgan fingerprint density at radius 3 is 2.69 bits per heavy atom. The van der Waals surface area contributed by atoms with Gasteiger partial charge in [-0.1, -0.05) is 30.3 Å². The number of halogens is 1. The normalized spacial score (nSPS) is 20.7. The first kappa shape index (κ1) is 18.7. The van der Waals surface area contributed by atoms with Crippen molar-refractivity contribution in [3.63, 3.8) is 0 Å². The van der Waals surface area contributed by atoms with E-state index >= 15 is 0 Å². The van der Waals surface area contributed by atoms with Crippen molar-refractivity contribution >= 4 is 0 Å². The Balaban J connectivity index is 1.47. The van der Waals surface area contributed by atoms with Crippen molar-refractivity contribution in [3.8, 4) is 11.5 Å². The third-order valence-corrected chi connectivity index (χ3v) is 4.79. The maximum absolute atomic E-state index is 13.3. The highest BCUT2D eigenvalue weighted by molar-refractivity contribution is 5.40. The van der Waals surface area contributed by atoms with Gasteiger partial charge < -0.3 is 19.5 Å². The van der Waals surface area contributed by atoms with E-state index in [4.69, 9.17) is 9.47 Å². The molecule has 1 saturated heterocycles. The molecular weight excluding hydrogens is 333 g/mol. The molecule has 0 aromatic heterocycles. The van der Waals surface area contributed by atoms with E-state index in [1.807, 2.05) is 6.07 Å². The Kier molecular flexibility index (Phi) is 6.47. The Labute approximate surface area is 154 Å². The van der Waals surface area contributed by atoms with Gasteiger partial charge in [-0.15, -0.1) is 0 Å². The summed E-state index contributed by atoms with van der Waals surface area (Å²) >= 11 is 0. The van der Waals surface area contributed by atoms with Crippen LogP contribution in [0.15, 0.2) is 48.5 Å². The van der Waals surface area contributed by atoms with Crippen LogP contribution < -0.4 is 9.47 Å². The predicted molar refractivity (Wildman–Crippen MR) is 99.2 cm³/mol. The summed E-state index contributed by atoms with van der Waals surface area (Å²) in [6.45, 7) is 2.42. The van der Waals surface area contributed by atoms with Crippen LogP contribution in [0.2, 0.25) is 0 Å². The minimum atomic E-state index is -0.574. The fourth-order valence-corrected chi connectivity index (χ4v) is 3.37. The largest absolute Gasteiger partial charge is 0.493 e. The molecule has 0 aliphatic carbocycles. The Bertz CT molecular complexity index is 695. The second-order valence-electron chi connectivity index (χ2n) is 6.70. The first-order valence-corrected chi connectivity index (χ1v) is 9.10. The molecule has 5 heteroatoms. The molecule has 140 valence electrons. The Morgan fingerprint density at radius 2 is 1.96 bits per heavy atom. The summed E-state index contributed by atoms with van der Waals surface area (Å²) in [5.41, 5.74) is 1.34. The number of nitrogens with zero attached hydrogens (tertiary/aromatic N) is 1. The molecule has 0 unspecified atom stereocenters. The molecule has 1 N–H and O–H groups in total. The van der Waals surface area contributed by atoms with Gasteiger partial charge in [0, 0.05) is 19.2 Å². The van der Waals surface area contributed by atoms with Gasteiger partial charge in [0.25, 0.3) is 0 Å². The van der Waals surface area contributed by atoms with Gasteiger partial charge in [-0.25, -0.2) is 4.39 Å². The van der Waals surface area contributed by atoms with E-state index in [-0.39, 0.29) is 11.9 Å². The number of rotatable bonds is 7. The molecule has 1 fully saturated rings. The topological polar surface area (TPSA) is 41.9 Å². The minimum Gasteiger partial charge on any atom is -0.493 e. The number of ether oxygens (including phenoxy) is 2. The van der Waals surface area contributed by atoms with Gasteiger partial charge in [0.15, 0.2) is 11.5 Å². The molecule has 0 bridgehead atoms. The third kappa shape index (κ3) is 4.96. The molecule has 4 nitrogen and oxygen atoms in total. The molecule has 1 aliphatic rings. The standard InChI is InChI=1S/C21H26FNO3/c1-25-21-14-17(22)9-10-20(21)26-19-11-13-23(15-18(19)24)12-5-8-16-6-3-2-4-7-16/h2-4,6-7,9-10,14,18-19,24H,5,8,11-13,15H2,1H3/t18-,19-/m1/s1. The molecule has 3 rings (SSSR count). The van der Waals surface area contributed by atoms with Crippen molar-refractivity contribution in [1.82, 2.24) is 4.90 Å². The number of benzene rings is 2. The number of piperidine rings is 1. The summed E-state index contributed by atoms with van der Waals surface area (Å²) in [6.07, 6.45) is 1.95. The average Bonchev–Trinajstić information content (AvgIpc) is 2.66. The van der Waals surface area contributed by atoms with Gasteiger partial charge in [-0.05, 0) is 43.5 Å². The van der Waals surface area contributed by atoms with Gasteiger partial charge in [-0.2, -0.15) is 0 Å². The molecule has 0 amide bonds. The van der Waals surface area contributed by atoms with Crippen molar-refractivity contribution in [2.75, 3.05) is 26.7 Å². The summed E-state index contributed by atoms with van der Waals surface area (Å²) in [4.78, 5) is 2.27. The van der Waals surface area contributed by atoms with Crippen LogP contribution in [-0.4, -0.2) is 49.0 Å². The van der Waals surface area contributed by atoms with E-state index in [0.29, 0.717) is 18.0 Å². The summed E-state index contributed by atoms with van der Waals surface area (Å²) < 4.78 is 24.4. The summed E-state index contributed by atoms with van der Waals surface area (Å²) in [7, 11) is 1.48. The smallest absolute Gasteiger partial charge is 0.163 e. The van der Waals surface area contributed by atoms with Crippen LogP contribution in [0.1, 0.15) is 18.4 Å². The third-order valence-electron chi connectivity index (χ3n) is 4.79. The van der Waals surface area contributed by atoms with E-state index in [1.165, 1.54) is 24.8 Å². The van der Waals surface area contributed by atoms with Crippen LogP contribution in [0, 0.1) is 5.82 Å². The van der Waals surface area contributed by atoms with Crippen molar-refractivity contribution in [2.45, 2.75) is 31.5 Å². The van der Waals surface area contributed by atoms with E-state index in [1.54, 1.807) is 6.07 Å². The van der Waals surface area contributed by atoms with E-state index in [2.05, 4.69) is 29.2 Å². The summed E-state index contributed by atoms with van der Waals surface area (Å²) in [5, 5.41) is 10.5. The van der Waals surface area contributed by atoms with Gasteiger partial charge in [0.1, 0.15) is 18.0 Å². The quantitative estimate of drug-likeness (QED) is 0.824. The van der Waals surface area contributed by atoms with E-state index in [0.717, 1.165) is 32.4 Å². The van der Waals surface area contributed by atoms with Crippen LogP contribution in [0.3, 0.4) is 0 Å². The fraction of sp³-hybridized carbons (Fsp3) is 0.429. The van der Waals surface area contributed by atoms with Gasteiger partial charge >= 0.3 is 0 Å². The van der Waals surface area contributed by atoms with Crippen LogP contribution in [0.4, 0.5) is 4.39 Å². The number of hydrogen-bond donors (Lipinski definition) is 1. The molecule has 0 saturated carbocycles. The predicted octanol–water partition coefficient (Wildman–Crippen LogP) is 3.28. The zero-order valence-electron chi connectivity index (χ0n) is 15.1. The number of aryl methyl sites for hydroxylation is 1. The summed E-state index contributed by atoms with van der Waals surface area (Å²) in [5.74, 6) is 0.445. The SMILES string of the molecule is COc1cc(F)ccc1O[C@@H]1CCN(CCCc2ccccc2)C[C@H]1O. The number of methoxy groups -OCH3 is 1. The number of aliphatic hydroxyl groups is 1. The van der Waals surface area contributed by atoms with E-state index in [9.17, 15) is 9.50 Å². The highest BCUT2D eigenvalue weighted by Crippen LogP contribution is 2.30. The molecule has 26 heavy (non-hydrogen) atoms. The zero-order chi connectivity index (χ0) is 18.4. The molecule has 1 aliphatic heterocycles. The number of likely N-dealkylation sites (tertiary alicyclic amines) is 1. The van der Waals surface area contributed by atoms with Crippen molar-refractivity contribution in [3.05, 3.63) is 59.9 Å². The molecular formula is C21H26FNO3. The maximum Gasteiger partial charge on any atom is 0.163 e. The summed E-state index contributed by atoms with van der Waals surface area (Å²) in [6, 6.07) is 14.6. The number of β-amino-alcohol motifs (C(OH)–C–C–N with tert-alkyl or cyclic N) is 1. The lowest BCUT2D eigenvalue weighted by atomic mass is 10.0. The lowest BCUT2D eigenvalue weighted by Crippen LogP contribution is -2.49. The molecule has 0 spiro atoms. The van der Waals surface area contributed by atoms with Crippen molar-refractivity contribution < 1.29 is 19.0 Å². The number of aliphatic hydroxyl groups excluding tert-OH is 1. The highest BCUT2D eigenvalue weighted by atomic mass is 19.1. The van der Waals surface area contributed by atoms with Crippen LogP contribution in [-0.2, 0) is 6.42 Å². The first-order valence-electron chi connectivity index (χ1n) is 9.10. The van der Waals surface area contributed by atoms with Gasteiger partial charge in [0.2, 0.25) is 0 Å². The van der Waals surface area contributed by atoms with Gasteiger partial charge in [-0.3, -0.25) is 0 Å². The average molecular weight is 359 g/mol. The molecule has 1 heterocycles. The lowest BCUT2D eigenvalue weighted by Gasteiger charge is -2.36. The van der Waals surface area contributed by atoms with Crippen LogP contribution >= 0.6 is 0 Å². The van der Waals surface area contributed by atoms with Crippen LogP contribution in [0.25, 0.3) is 0 Å². The molecule has 2 atom stereocenters. The Hall–Kier alpha value is -2.11. The van der Waals surface area contributed by atoms with Crippen molar-refractivity contribution in [2.24, 2.45) is 0 Å². The zero-order valence-corrected chi connectivity index (χ0v) is 15.1. The number of hydrogen-bond acceptors (Lipinski definition) is 4. The highest BCUT2D eigenvalue weighted by Gasteiger charge is 2.29. The maximum atomic E-state index is 13.3. The van der Waals surface area contributed by atoms with E-state index < -0.39 is 6.10 Å². The second-order valence-corrected chi connectivity index (χ2v) is 6.70. The fourth-order valence-electron chi connectivity index (χ4n) is 3.37. The molecule has 2 aromatic rings. The van der Waals surface area contributed by atoms with Crippen molar-refractivity contribution in [1.29, 1.82) is 0 Å². The minimum absolute atomic E-state index is 0.306. The van der Waals surface area contributed by atoms with Crippen LogP contribution in [0.5, 0.6) is 11.5 Å². The first-order chi connectivity index (χ1) is 12.7. The Morgan fingerprint density at radius 1 is 1.15 bits per heavy atom.